The van der Waals surface area contributed by atoms with E-state index in [1.54, 1.807) is 12.1 Å². The van der Waals surface area contributed by atoms with Gasteiger partial charge in [0.25, 0.3) is 5.91 Å². The van der Waals surface area contributed by atoms with Crippen LogP contribution >= 0.6 is 0 Å². The fourth-order valence-electron chi connectivity index (χ4n) is 1.37. The SMILES string of the molecule is COC(=O)C=C1Nc2ccccc2NC1=O. The number of anilines is 2. The van der Waals surface area contributed by atoms with Crippen LogP contribution < -0.4 is 10.6 Å². The van der Waals surface area contributed by atoms with Crippen molar-refractivity contribution in [1.29, 1.82) is 0 Å². The topological polar surface area (TPSA) is 67.4 Å². The number of nitrogens with one attached hydrogen (secondary N) is 2. The molecular weight excluding hydrogens is 208 g/mol. The molecule has 0 aliphatic carbocycles. The first-order valence-corrected chi connectivity index (χ1v) is 4.68. The van der Waals surface area contributed by atoms with E-state index in [9.17, 15) is 9.59 Å². The van der Waals surface area contributed by atoms with Crippen LogP contribution in [0.4, 0.5) is 11.4 Å². The van der Waals surface area contributed by atoms with Gasteiger partial charge in [-0.05, 0) is 12.1 Å². The van der Waals surface area contributed by atoms with Crippen molar-refractivity contribution in [3.8, 4) is 0 Å². The lowest BCUT2D eigenvalue weighted by molar-refractivity contribution is -0.135. The summed E-state index contributed by atoms with van der Waals surface area (Å²) in [6, 6.07) is 7.23. The summed E-state index contributed by atoms with van der Waals surface area (Å²) in [6.07, 6.45) is 1.12. The average molecular weight is 218 g/mol. The number of carbonyl (C=O) groups is 2. The van der Waals surface area contributed by atoms with Gasteiger partial charge in [0.05, 0.1) is 24.6 Å². The summed E-state index contributed by atoms with van der Waals surface area (Å²) in [5.74, 6) is -0.930. The summed E-state index contributed by atoms with van der Waals surface area (Å²) < 4.78 is 4.45. The van der Waals surface area contributed by atoms with E-state index in [2.05, 4.69) is 15.4 Å². The highest BCUT2D eigenvalue weighted by Gasteiger charge is 2.19. The van der Waals surface area contributed by atoms with Gasteiger partial charge >= 0.3 is 5.97 Å². The molecule has 1 aromatic carbocycles. The molecule has 0 saturated carbocycles. The summed E-state index contributed by atoms with van der Waals surface area (Å²) in [4.78, 5) is 22.6. The molecule has 2 N–H and O–H groups in total. The van der Waals surface area contributed by atoms with Gasteiger partial charge in [0.15, 0.2) is 0 Å². The monoisotopic (exact) mass is 218 g/mol. The average Bonchev–Trinajstić information content (AvgIpc) is 2.30. The Hall–Kier alpha value is -2.30. The zero-order chi connectivity index (χ0) is 11.5. The predicted octanol–water partition coefficient (Wildman–Crippen LogP) is 1.11. The molecule has 0 bridgehead atoms. The van der Waals surface area contributed by atoms with Gasteiger partial charge in [-0.25, -0.2) is 4.79 Å². The highest BCUT2D eigenvalue weighted by molar-refractivity contribution is 6.13. The molecule has 1 aliphatic rings. The number of esters is 1. The first kappa shape index (κ1) is 10.2. The Morgan fingerprint density at radius 2 is 1.88 bits per heavy atom. The second-order valence-corrected chi connectivity index (χ2v) is 3.21. The van der Waals surface area contributed by atoms with Crippen molar-refractivity contribution >= 4 is 23.3 Å². The van der Waals surface area contributed by atoms with E-state index in [1.165, 1.54) is 7.11 Å². The van der Waals surface area contributed by atoms with Crippen molar-refractivity contribution in [2.45, 2.75) is 0 Å². The van der Waals surface area contributed by atoms with E-state index in [4.69, 9.17) is 0 Å². The van der Waals surface area contributed by atoms with Crippen LogP contribution in [0.15, 0.2) is 36.0 Å². The summed E-state index contributed by atoms with van der Waals surface area (Å²) in [5, 5.41) is 5.52. The Kier molecular flexibility index (Phi) is 2.59. The van der Waals surface area contributed by atoms with Crippen LogP contribution in [0.5, 0.6) is 0 Å². The number of amides is 1. The first-order chi connectivity index (χ1) is 7.70. The van der Waals surface area contributed by atoms with Crippen molar-refractivity contribution in [3.63, 3.8) is 0 Å². The van der Waals surface area contributed by atoms with Crippen molar-refractivity contribution < 1.29 is 14.3 Å². The highest BCUT2D eigenvalue weighted by Crippen LogP contribution is 2.26. The van der Waals surface area contributed by atoms with E-state index in [1.807, 2.05) is 12.1 Å². The molecule has 0 fully saturated rings. The fourth-order valence-corrected chi connectivity index (χ4v) is 1.37. The lowest BCUT2D eigenvalue weighted by Gasteiger charge is -2.20. The van der Waals surface area contributed by atoms with E-state index in [0.29, 0.717) is 5.69 Å². The second-order valence-electron chi connectivity index (χ2n) is 3.21. The Balaban J connectivity index is 2.31. The molecule has 1 aromatic rings. The van der Waals surface area contributed by atoms with Gasteiger partial charge < -0.3 is 15.4 Å². The minimum atomic E-state index is -0.572. The zero-order valence-electron chi connectivity index (χ0n) is 8.61. The number of methoxy groups -OCH3 is 1. The molecule has 0 saturated heterocycles. The van der Waals surface area contributed by atoms with Crippen LogP contribution in [0, 0.1) is 0 Å². The quantitative estimate of drug-likeness (QED) is 0.547. The number of benzene rings is 1. The van der Waals surface area contributed by atoms with Crippen LogP contribution in [0.2, 0.25) is 0 Å². The van der Waals surface area contributed by atoms with E-state index < -0.39 is 5.97 Å². The predicted molar refractivity (Wildman–Crippen MR) is 58.8 cm³/mol. The van der Waals surface area contributed by atoms with Crippen LogP contribution in [-0.4, -0.2) is 19.0 Å². The van der Waals surface area contributed by atoms with E-state index in [0.717, 1.165) is 11.8 Å². The van der Waals surface area contributed by atoms with Crippen LogP contribution in [0.25, 0.3) is 0 Å². The lowest BCUT2D eigenvalue weighted by atomic mass is 10.2. The molecule has 5 nitrogen and oxygen atoms in total. The number of carbonyl (C=O) groups excluding carboxylic acids is 2. The Morgan fingerprint density at radius 1 is 1.25 bits per heavy atom. The van der Waals surface area contributed by atoms with Crippen molar-refractivity contribution in [2.24, 2.45) is 0 Å². The molecule has 0 radical (unpaired) electrons. The van der Waals surface area contributed by atoms with Gasteiger partial charge in [0, 0.05) is 0 Å². The smallest absolute Gasteiger partial charge is 0.332 e. The molecule has 1 amide bonds. The number of rotatable bonds is 1. The molecule has 16 heavy (non-hydrogen) atoms. The Labute approximate surface area is 92.1 Å². The third-order valence-corrected chi connectivity index (χ3v) is 2.15. The summed E-state index contributed by atoms with van der Waals surface area (Å²) in [7, 11) is 1.26. The minimum Gasteiger partial charge on any atom is -0.466 e. The molecule has 0 spiro atoms. The van der Waals surface area contributed by atoms with Crippen molar-refractivity contribution in [1.82, 2.24) is 0 Å². The Bertz CT molecular complexity index is 480. The molecule has 0 unspecified atom stereocenters. The molecule has 2 rings (SSSR count). The number of hydrogen-bond acceptors (Lipinski definition) is 4. The van der Waals surface area contributed by atoms with Crippen LogP contribution in [0.3, 0.4) is 0 Å². The van der Waals surface area contributed by atoms with E-state index in [-0.39, 0.29) is 11.6 Å². The summed E-state index contributed by atoms with van der Waals surface area (Å²) in [5.41, 5.74) is 1.61. The molecule has 0 atom stereocenters. The highest BCUT2D eigenvalue weighted by atomic mass is 16.5. The molecule has 5 heteroatoms. The standard InChI is InChI=1S/C11H10N2O3/c1-16-10(14)6-9-11(15)13-8-5-3-2-4-7(8)12-9/h2-6,12H,1H3,(H,13,15). The normalized spacial score (nSPS) is 16.1. The van der Waals surface area contributed by atoms with Gasteiger partial charge in [0.1, 0.15) is 5.70 Å². The third kappa shape index (κ3) is 1.88. The maximum atomic E-state index is 11.6. The molecule has 1 aliphatic heterocycles. The van der Waals surface area contributed by atoms with Crippen LogP contribution in [-0.2, 0) is 14.3 Å². The largest absolute Gasteiger partial charge is 0.466 e. The zero-order valence-corrected chi connectivity index (χ0v) is 8.61. The second kappa shape index (κ2) is 4.06. The Morgan fingerprint density at radius 3 is 2.50 bits per heavy atom. The number of hydrogen-bond donors (Lipinski definition) is 2. The summed E-state index contributed by atoms with van der Waals surface area (Å²) in [6.45, 7) is 0. The number of fused-ring (bicyclic) bond motifs is 1. The fraction of sp³-hybridized carbons (Fsp3) is 0.0909. The van der Waals surface area contributed by atoms with Gasteiger partial charge in [-0.2, -0.15) is 0 Å². The van der Waals surface area contributed by atoms with Gasteiger partial charge in [-0.1, -0.05) is 12.1 Å². The maximum absolute atomic E-state index is 11.6. The number of para-hydroxylation sites is 2. The lowest BCUT2D eigenvalue weighted by Crippen LogP contribution is -2.26. The third-order valence-electron chi connectivity index (χ3n) is 2.15. The minimum absolute atomic E-state index is 0.172. The molecule has 1 heterocycles. The van der Waals surface area contributed by atoms with Gasteiger partial charge in [0.2, 0.25) is 0 Å². The molecule has 82 valence electrons. The summed E-state index contributed by atoms with van der Waals surface area (Å²) >= 11 is 0. The first-order valence-electron chi connectivity index (χ1n) is 4.68. The van der Waals surface area contributed by atoms with Gasteiger partial charge in [-0.3, -0.25) is 4.79 Å². The van der Waals surface area contributed by atoms with E-state index >= 15 is 0 Å². The van der Waals surface area contributed by atoms with Crippen molar-refractivity contribution in [2.75, 3.05) is 17.7 Å². The van der Waals surface area contributed by atoms with Crippen LogP contribution in [0.1, 0.15) is 0 Å². The molecular formula is C11H10N2O3. The van der Waals surface area contributed by atoms with Crippen molar-refractivity contribution in [3.05, 3.63) is 36.0 Å². The van der Waals surface area contributed by atoms with Gasteiger partial charge in [-0.15, -0.1) is 0 Å². The molecule has 0 aromatic heterocycles. The number of ether oxygens (including phenoxy) is 1. The maximum Gasteiger partial charge on any atom is 0.332 e.